The predicted molar refractivity (Wildman–Crippen MR) is 77.3 cm³/mol. The molecule has 0 radical (unpaired) electrons. The Balaban J connectivity index is 2.35. The molecule has 3 nitrogen and oxygen atoms in total. The fraction of sp³-hybridized carbons (Fsp3) is 0.571. The molecule has 0 aliphatic heterocycles. The summed E-state index contributed by atoms with van der Waals surface area (Å²) in [5, 5.41) is 0. The van der Waals surface area contributed by atoms with Crippen molar-refractivity contribution >= 4 is 21.7 Å². The van der Waals surface area contributed by atoms with E-state index in [1.807, 2.05) is 12.1 Å². The maximum atomic E-state index is 11.8. The van der Waals surface area contributed by atoms with E-state index in [-0.39, 0.29) is 5.78 Å². The maximum absolute atomic E-state index is 11.8. The van der Waals surface area contributed by atoms with Gasteiger partial charge in [-0.2, -0.15) is 0 Å². The highest BCUT2D eigenvalue weighted by Gasteiger charge is 2.10. The molecule has 1 heterocycles. The molecule has 1 unspecified atom stereocenters. The number of hydrogen-bond donors (Lipinski definition) is 1. The molecule has 0 aliphatic rings. The Hall–Kier alpha value is -0.740. The molecule has 1 rings (SSSR count). The summed E-state index contributed by atoms with van der Waals surface area (Å²) in [6.07, 6.45) is 5.86. The molecule has 0 saturated carbocycles. The lowest BCUT2D eigenvalue weighted by Crippen LogP contribution is -2.11. The average Bonchev–Trinajstić information content (AvgIpc) is 2.37. The van der Waals surface area contributed by atoms with Crippen molar-refractivity contribution in [1.82, 2.24) is 4.98 Å². The first-order valence-corrected chi connectivity index (χ1v) is 7.27. The first-order chi connectivity index (χ1) is 8.65. The summed E-state index contributed by atoms with van der Waals surface area (Å²) in [5.41, 5.74) is 6.39. The van der Waals surface area contributed by atoms with E-state index in [1.54, 1.807) is 6.20 Å². The molecule has 18 heavy (non-hydrogen) atoms. The van der Waals surface area contributed by atoms with Crippen LogP contribution < -0.4 is 5.73 Å². The molecule has 0 aromatic carbocycles. The van der Waals surface area contributed by atoms with Crippen LogP contribution in [0.1, 0.15) is 38.3 Å². The Bertz CT molecular complexity index is 365. The number of halogens is 1. The summed E-state index contributed by atoms with van der Waals surface area (Å²) >= 11 is 3.33. The normalized spacial score (nSPS) is 12.4. The third-order valence-electron chi connectivity index (χ3n) is 3.15. The Morgan fingerprint density at radius 3 is 2.78 bits per heavy atom. The van der Waals surface area contributed by atoms with Crippen LogP contribution >= 0.6 is 15.9 Å². The highest BCUT2D eigenvalue weighted by molar-refractivity contribution is 9.10. The monoisotopic (exact) mass is 312 g/mol. The third kappa shape index (κ3) is 5.74. The van der Waals surface area contributed by atoms with E-state index >= 15 is 0 Å². The molecular formula is C14H21BrN2O. The van der Waals surface area contributed by atoms with E-state index in [0.717, 1.165) is 29.4 Å². The molecular weight excluding hydrogens is 292 g/mol. The van der Waals surface area contributed by atoms with Gasteiger partial charge in [-0.05, 0) is 53.4 Å². The van der Waals surface area contributed by atoms with Gasteiger partial charge in [0.05, 0.1) is 0 Å². The van der Waals surface area contributed by atoms with Gasteiger partial charge in [-0.3, -0.25) is 9.78 Å². The highest BCUT2D eigenvalue weighted by atomic mass is 79.9. The number of nitrogens with two attached hydrogens (primary N) is 1. The van der Waals surface area contributed by atoms with E-state index in [2.05, 4.69) is 27.8 Å². The number of carbonyl (C=O) groups is 1. The molecule has 2 N–H and O–H groups in total. The zero-order valence-corrected chi connectivity index (χ0v) is 12.4. The summed E-state index contributed by atoms with van der Waals surface area (Å²) in [7, 11) is 0. The first kappa shape index (κ1) is 15.3. The van der Waals surface area contributed by atoms with Crippen LogP contribution in [0.4, 0.5) is 0 Å². The fourth-order valence-corrected chi connectivity index (χ4v) is 2.19. The second kappa shape index (κ2) is 8.38. The SMILES string of the molecule is CCC(CCN)CCC(=O)Cc1ccc(Br)cn1. The quantitative estimate of drug-likeness (QED) is 0.802. The second-order valence-corrected chi connectivity index (χ2v) is 5.49. The number of hydrogen-bond acceptors (Lipinski definition) is 3. The molecule has 0 fully saturated rings. The minimum absolute atomic E-state index is 0.264. The van der Waals surface area contributed by atoms with Gasteiger partial charge in [-0.15, -0.1) is 0 Å². The molecule has 0 amide bonds. The minimum Gasteiger partial charge on any atom is -0.330 e. The van der Waals surface area contributed by atoms with Gasteiger partial charge in [0.25, 0.3) is 0 Å². The van der Waals surface area contributed by atoms with Crippen molar-refractivity contribution in [2.24, 2.45) is 11.7 Å². The lowest BCUT2D eigenvalue weighted by atomic mass is 9.94. The van der Waals surface area contributed by atoms with E-state index in [4.69, 9.17) is 5.73 Å². The van der Waals surface area contributed by atoms with Crippen LogP contribution in [0.5, 0.6) is 0 Å². The van der Waals surface area contributed by atoms with Crippen LogP contribution in [-0.4, -0.2) is 17.3 Å². The van der Waals surface area contributed by atoms with Gasteiger partial charge in [-0.1, -0.05) is 13.3 Å². The summed E-state index contributed by atoms with van der Waals surface area (Å²) < 4.78 is 0.938. The standard InChI is InChI=1S/C14H21BrN2O/c1-2-11(7-8-16)3-6-14(18)9-13-5-4-12(15)10-17-13/h4-5,10-11H,2-3,6-9,16H2,1H3. The largest absolute Gasteiger partial charge is 0.330 e. The average molecular weight is 313 g/mol. The Labute approximate surface area is 117 Å². The van der Waals surface area contributed by atoms with E-state index < -0.39 is 0 Å². The Kier molecular flexibility index (Phi) is 7.13. The zero-order valence-electron chi connectivity index (χ0n) is 10.9. The number of ketones is 1. The molecule has 1 aromatic heterocycles. The van der Waals surface area contributed by atoms with Crippen LogP contribution in [0.3, 0.4) is 0 Å². The van der Waals surface area contributed by atoms with Gasteiger partial charge in [0.1, 0.15) is 5.78 Å². The van der Waals surface area contributed by atoms with Crippen molar-refractivity contribution in [3.05, 3.63) is 28.5 Å². The summed E-state index contributed by atoms with van der Waals surface area (Å²) in [4.78, 5) is 16.1. The smallest absolute Gasteiger partial charge is 0.138 e. The molecule has 1 atom stereocenters. The second-order valence-electron chi connectivity index (χ2n) is 4.57. The number of aromatic nitrogens is 1. The molecule has 0 aliphatic carbocycles. The van der Waals surface area contributed by atoms with Crippen molar-refractivity contribution in [3.8, 4) is 0 Å². The number of pyridine rings is 1. The maximum Gasteiger partial charge on any atom is 0.138 e. The summed E-state index contributed by atoms with van der Waals surface area (Å²) in [5.74, 6) is 0.845. The summed E-state index contributed by atoms with van der Waals surface area (Å²) in [6.45, 7) is 2.86. The zero-order chi connectivity index (χ0) is 13.4. The third-order valence-corrected chi connectivity index (χ3v) is 3.62. The number of Topliss-reactive ketones (excluding diaryl/α,β-unsaturated/α-hetero) is 1. The molecule has 0 spiro atoms. The predicted octanol–water partition coefficient (Wildman–Crippen LogP) is 3.11. The van der Waals surface area contributed by atoms with Crippen molar-refractivity contribution < 1.29 is 4.79 Å². The van der Waals surface area contributed by atoms with E-state index in [0.29, 0.717) is 25.3 Å². The molecule has 1 aromatic rings. The van der Waals surface area contributed by atoms with Crippen LogP contribution in [0.25, 0.3) is 0 Å². The Morgan fingerprint density at radius 1 is 1.44 bits per heavy atom. The van der Waals surface area contributed by atoms with Crippen LogP contribution in [0.15, 0.2) is 22.8 Å². The molecule has 100 valence electrons. The van der Waals surface area contributed by atoms with Gasteiger partial charge in [0.15, 0.2) is 0 Å². The van der Waals surface area contributed by atoms with Crippen molar-refractivity contribution in [2.75, 3.05) is 6.54 Å². The lowest BCUT2D eigenvalue weighted by Gasteiger charge is -2.12. The van der Waals surface area contributed by atoms with Gasteiger partial charge >= 0.3 is 0 Å². The van der Waals surface area contributed by atoms with Gasteiger partial charge in [0, 0.05) is 29.2 Å². The number of carbonyl (C=O) groups excluding carboxylic acids is 1. The van der Waals surface area contributed by atoms with Crippen LogP contribution in [0.2, 0.25) is 0 Å². The van der Waals surface area contributed by atoms with Crippen LogP contribution in [0, 0.1) is 5.92 Å². The van der Waals surface area contributed by atoms with E-state index in [9.17, 15) is 4.79 Å². The molecule has 0 bridgehead atoms. The molecule has 4 heteroatoms. The highest BCUT2D eigenvalue weighted by Crippen LogP contribution is 2.15. The van der Waals surface area contributed by atoms with Gasteiger partial charge in [-0.25, -0.2) is 0 Å². The lowest BCUT2D eigenvalue weighted by molar-refractivity contribution is -0.118. The minimum atomic E-state index is 0.264. The van der Waals surface area contributed by atoms with Crippen LogP contribution in [-0.2, 0) is 11.2 Å². The van der Waals surface area contributed by atoms with Gasteiger partial charge in [0.2, 0.25) is 0 Å². The van der Waals surface area contributed by atoms with Crippen molar-refractivity contribution in [3.63, 3.8) is 0 Å². The fourth-order valence-electron chi connectivity index (χ4n) is 1.95. The van der Waals surface area contributed by atoms with Gasteiger partial charge < -0.3 is 5.73 Å². The molecule has 0 saturated heterocycles. The Morgan fingerprint density at radius 2 is 2.22 bits per heavy atom. The van der Waals surface area contributed by atoms with Crippen molar-refractivity contribution in [2.45, 2.75) is 39.0 Å². The number of nitrogens with zero attached hydrogens (tertiary/aromatic N) is 1. The van der Waals surface area contributed by atoms with E-state index in [1.165, 1.54) is 0 Å². The summed E-state index contributed by atoms with van der Waals surface area (Å²) in [6, 6.07) is 3.80. The van der Waals surface area contributed by atoms with Crippen molar-refractivity contribution in [1.29, 1.82) is 0 Å². The topological polar surface area (TPSA) is 56.0 Å². The number of rotatable bonds is 8. The first-order valence-electron chi connectivity index (χ1n) is 6.48.